The molecular weight excluding hydrogens is 322 g/mol. The van der Waals surface area contributed by atoms with Crippen molar-refractivity contribution >= 4 is 16.8 Å². The molecule has 2 aliphatic rings. The fourth-order valence-corrected chi connectivity index (χ4v) is 4.16. The number of nitrogens with zero attached hydrogens (tertiary/aromatic N) is 1. The van der Waals surface area contributed by atoms with Crippen molar-refractivity contribution in [3.05, 3.63) is 35.0 Å². The zero-order valence-electron chi connectivity index (χ0n) is 16.4. The van der Waals surface area contributed by atoms with Crippen LogP contribution in [0.5, 0.6) is 0 Å². The molecule has 1 aromatic carbocycles. The summed E-state index contributed by atoms with van der Waals surface area (Å²) in [6.45, 7) is 8.06. The van der Waals surface area contributed by atoms with Crippen LogP contribution in [-0.4, -0.2) is 42.0 Å². The predicted molar refractivity (Wildman–Crippen MR) is 113 cm³/mol. The first-order chi connectivity index (χ1) is 12.8. The van der Waals surface area contributed by atoms with Gasteiger partial charge in [0.25, 0.3) is 5.91 Å². The topological polar surface area (TPSA) is 48.1 Å². The summed E-state index contributed by atoms with van der Waals surface area (Å²) in [7, 11) is 0. The highest BCUT2D eigenvalue weighted by Gasteiger charge is 2.17. The van der Waals surface area contributed by atoms with Gasteiger partial charge in [-0.2, -0.15) is 0 Å². The van der Waals surface area contributed by atoms with E-state index in [0.29, 0.717) is 0 Å². The molecule has 2 N–H and O–H groups in total. The van der Waals surface area contributed by atoms with Gasteiger partial charge >= 0.3 is 0 Å². The molecule has 1 aliphatic heterocycles. The first kappa shape index (κ1) is 19.0. The van der Waals surface area contributed by atoms with E-state index in [-0.39, 0.29) is 8.76 Å². The lowest BCUT2D eigenvalue weighted by molar-refractivity contribution is 0.0946. The molecule has 0 spiro atoms. The molecule has 26 heavy (non-hydrogen) atoms. The molecule has 0 radical (unpaired) electrons. The standard InChI is InChI=1S/C20H27N3O.C2H6.2H2/c24-20(21-10-13-23-11-4-1-5-12-23)15-8-9-19-17(14-15)16-6-2-3-7-18(16)22-19;1-2;;/h8-9,14,22H,1-7,10-13H2,(H,21,24);1-2H3;2*1H. The number of likely N-dealkylation sites (tertiary alicyclic amines) is 1. The fraction of sp³-hybridized carbons (Fsp3) is 0.591. The van der Waals surface area contributed by atoms with Crippen LogP contribution < -0.4 is 5.32 Å². The number of benzene rings is 1. The van der Waals surface area contributed by atoms with Crippen molar-refractivity contribution < 1.29 is 7.65 Å². The maximum atomic E-state index is 12.5. The van der Waals surface area contributed by atoms with E-state index in [1.807, 2.05) is 19.9 Å². The quantitative estimate of drug-likeness (QED) is 0.825. The molecular formula is C22H37N3O. The molecule has 4 rings (SSSR count). The number of rotatable bonds is 4. The minimum Gasteiger partial charge on any atom is -0.358 e. The Balaban J connectivity index is 0.000000950. The van der Waals surface area contributed by atoms with Gasteiger partial charge in [-0.3, -0.25) is 4.79 Å². The van der Waals surface area contributed by atoms with Gasteiger partial charge < -0.3 is 15.2 Å². The third kappa shape index (κ3) is 4.29. The second-order valence-corrected chi connectivity index (χ2v) is 7.21. The monoisotopic (exact) mass is 359 g/mol. The van der Waals surface area contributed by atoms with Crippen LogP contribution in [0.25, 0.3) is 10.9 Å². The number of aromatic amines is 1. The number of fused-ring (bicyclic) bond motifs is 3. The lowest BCUT2D eigenvalue weighted by Gasteiger charge is -2.26. The second kappa shape index (κ2) is 9.22. The number of piperidine rings is 1. The van der Waals surface area contributed by atoms with Crippen LogP contribution in [0.15, 0.2) is 18.2 Å². The molecule has 0 bridgehead atoms. The van der Waals surface area contributed by atoms with E-state index >= 15 is 0 Å². The summed E-state index contributed by atoms with van der Waals surface area (Å²) in [5.74, 6) is 0.0552. The second-order valence-electron chi connectivity index (χ2n) is 7.21. The van der Waals surface area contributed by atoms with Crippen molar-refractivity contribution in [3.63, 3.8) is 0 Å². The average Bonchev–Trinajstić information content (AvgIpc) is 3.08. The summed E-state index contributed by atoms with van der Waals surface area (Å²) < 4.78 is 0. The van der Waals surface area contributed by atoms with E-state index in [0.717, 1.165) is 31.5 Å². The van der Waals surface area contributed by atoms with E-state index in [9.17, 15) is 4.79 Å². The Morgan fingerprint density at radius 1 is 1.12 bits per heavy atom. The van der Waals surface area contributed by atoms with Gasteiger partial charge in [0.15, 0.2) is 0 Å². The van der Waals surface area contributed by atoms with Crippen molar-refractivity contribution in [2.75, 3.05) is 26.2 Å². The van der Waals surface area contributed by atoms with Crippen molar-refractivity contribution in [2.45, 2.75) is 58.8 Å². The highest BCUT2D eigenvalue weighted by molar-refractivity contribution is 5.99. The van der Waals surface area contributed by atoms with E-state index in [4.69, 9.17) is 0 Å². The highest BCUT2D eigenvalue weighted by Crippen LogP contribution is 2.29. The number of carbonyl (C=O) groups is 1. The van der Waals surface area contributed by atoms with Crippen molar-refractivity contribution in [2.24, 2.45) is 0 Å². The predicted octanol–water partition coefficient (Wildman–Crippen LogP) is 4.78. The summed E-state index contributed by atoms with van der Waals surface area (Å²) in [6.07, 6.45) is 8.74. The molecule has 0 unspecified atom stereocenters. The molecule has 0 saturated carbocycles. The maximum absolute atomic E-state index is 12.5. The van der Waals surface area contributed by atoms with E-state index < -0.39 is 0 Å². The Hall–Kier alpha value is -1.81. The number of hydrogen-bond acceptors (Lipinski definition) is 2. The molecule has 1 fully saturated rings. The molecule has 1 aromatic heterocycles. The van der Waals surface area contributed by atoms with Crippen LogP contribution in [0, 0.1) is 0 Å². The Labute approximate surface area is 160 Å². The third-order valence-electron chi connectivity index (χ3n) is 5.52. The van der Waals surface area contributed by atoms with Gasteiger partial charge in [-0.15, -0.1) is 0 Å². The summed E-state index contributed by atoms with van der Waals surface area (Å²) in [5.41, 5.74) is 4.76. The van der Waals surface area contributed by atoms with Crippen LogP contribution in [0.4, 0.5) is 0 Å². The molecule has 1 amide bonds. The first-order valence-electron chi connectivity index (χ1n) is 10.5. The lowest BCUT2D eigenvalue weighted by Crippen LogP contribution is -2.37. The molecule has 146 valence electrons. The van der Waals surface area contributed by atoms with Gasteiger partial charge in [0.1, 0.15) is 0 Å². The SMILES string of the molecule is CC.O=C(NCCN1CCCCC1)c1ccc2[nH]c3c(c2c1)CCCC3.[HH].[HH]. The highest BCUT2D eigenvalue weighted by atomic mass is 16.1. The van der Waals surface area contributed by atoms with Crippen LogP contribution >= 0.6 is 0 Å². The molecule has 4 nitrogen and oxygen atoms in total. The van der Waals surface area contributed by atoms with Gasteiger partial charge in [-0.1, -0.05) is 20.3 Å². The summed E-state index contributed by atoms with van der Waals surface area (Å²) in [6, 6.07) is 6.08. The van der Waals surface area contributed by atoms with Crippen LogP contribution in [0.3, 0.4) is 0 Å². The van der Waals surface area contributed by atoms with Crippen molar-refractivity contribution in [1.82, 2.24) is 15.2 Å². The van der Waals surface area contributed by atoms with Gasteiger partial charge in [-0.25, -0.2) is 0 Å². The average molecular weight is 360 g/mol. The van der Waals surface area contributed by atoms with Gasteiger partial charge in [-0.05, 0) is 75.4 Å². The smallest absolute Gasteiger partial charge is 0.251 e. The zero-order chi connectivity index (χ0) is 18.4. The molecule has 1 aliphatic carbocycles. The minimum absolute atomic E-state index is 0. The number of nitrogens with one attached hydrogen (secondary N) is 2. The van der Waals surface area contributed by atoms with Gasteiger partial charge in [0.05, 0.1) is 0 Å². The number of H-pyrrole nitrogens is 1. The van der Waals surface area contributed by atoms with Crippen molar-refractivity contribution in [3.8, 4) is 0 Å². The molecule has 4 heteroatoms. The molecule has 2 aromatic rings. The van der Waals surface area contributed by atoms with E-state index in [1.54, 1.807) is 0 Å². The number of aromatic nitrogens is 1. The van der Waals surface area contributed by atoms with Gasteiger partial charge in [0.2, 0.25) is 0 Å². The van der Waals surface area contributed by atoms with E-state index in [2.05, 4.69) is 27.3 Å². The van der Waals surface area contributed by atoms with Crippen LogP contribution in [0.2, 0.25) is 0 Å². The summed E-state index contributed by atoms with van der Waals surface area (Å²) in [5, 5.41) is 4.34. The number of aryl methyl sites for hydroxylation is 2. The third-order valence-corrected chi connectivity index (χ3v) is 5.52. The first-order valence-corrected chi connectivity index (χ1v) is 10.5. The zero-order valence-corrected chi connectivity index (χ0v) is 16.4. The maximum Gasteiger partial charge on any atom is 0.251 e. The van der Waals surface area contributed by atoms with Gasteiger partial charge in [0, 0.05) is 38.1 Å². The minimum atomic E-state index is 0. The Kier molecular flexibility index (Phi) is 6.73. The summed E-state index contributed by atoms with van der Waals surface area (Å²) >= 11 is 0. The normalized spacial score (nSPS) is 17.3. The number of hydrogen-bond donors (Lipinski definition) is 2. The Morgan fingerprint density at radius 2 is 1.88 bits per heavy atom. The Bertz CT molecular complexity index is 739. The number of carbonyl (C=O) groups excluding carboxylic acids is 1. The fourth-order valence-electron chi connectivity index (χ4n) is 4.16. The summed E-state index contributed by atoms with van der Waals surface area (Å²) in [4.78, 5) is 18.5. The van der Waals surface area contributed by atoms with E-state index in [1.165, 1.54) is 67.4 Å². The molecule has 1 saturated heterocycles. The largest absolute Gasteiger partial charge is 0.358 e. The van der Waals surface area contributed by atoms with Crippen LogP contribution in [0.1, 0.15) is 70.4 Å². The lowest BCUT2D eigenvalue weighted by atomic mass is 9.95. The number of amides is 1. The Morgan fingerprint density at radius 3 is 2.69 bits per heavy atom. The van der Waals surface area contributed by atoms with Crippen LogP contribution in [-0.2, 0) is 12.8 Å². The molecule has 0 atom stereocenters. The van der Waals surface area contributed by atoms with Crippen molar-refractivity contribution in [1.29, 1.82) is 0 Å². The molecule has 2 heterocycles.